The first-order valence-electron chi connectivity index (χ1n) is 3.77. The fraction of sp³-hybridized carbons (Fsp3) is 0.222. The fourth-order valence-corrected chi connectivity index (χ4v) is 0.936. The molecule has 1 rings (SSSR count). The van der Waals surface area contributed by atoms with Gasteiger partial charge in [-0.3, -0.25) is 0 Å². The lowest BCUT2D eigenvalue weighted by Gasteiger charge is -2.04. The number of benzene rings is 1. The van der Waals surface area contributed by atoms with E-state index in [1.807, 2.05) is 31.2 Å². The minimum absolute atomic E-state index is 0.607. The van der Waals surface area contributed by atoms with E-state index in [1.54, 1.807) is 0 Å². The number of hydrogen-bond donors (Lipinski definition) is 1. The molecule has 0 saturated carbocycles. The molecule has 3 heteroatoms. The van der Waals surface area contributed by atoms with Gasteiger partial charge in [0, 0.05) is 5.56 Å². The Hall–Kier alpha value is -1.51. The number of para-hydroxylation sites is 1. The average molecular weight is 165 g/mol. The molecule has 0 atom stereocenters. The van der Waals surface area contributed by atoms with Crippen LogP contribution in [0.3, 0.4) is 0 Å². The molecule has 12 heavy (non-hydrogen) atoms. The van der Waals surface area contributed by atoms with Crippen molar-refractivity contribution in [2.45, 2.75) is 6.92 Å². The maximum absolute atomic E-state index is 8.33. The molecule has 0 aliphatic carbocycles. The van der Waals surface area contributed by atoms with Gasteiger partial charge in [0.1, 0.15) is 5.75 Å². The van der Waals surface area contributed by atoms with Gasteiger partial charge in [0.15, 0.2) is 0 Å². The molecule has 0 bridgehead atoms. The van der Waals surface area contributed by atoms with Crippen molar-refractivity contribution in [2.24, 2.45) is 5.16 Å². The zero-order valence-corrected chi connectivity index (χ0v) is 6.90. The largest absolute Gasteiger partial charge is 0.493 e. The molecule has 1 N–H and O–H groups in total. The van der Waals surface area contributed by atoms with Crippen LogP contribution < -0.4 is 4.74 Å². The van der Waals surface area contributed by atoms with Gasteiger partial charge in [-0.2, -0.15) is 0 Å². The minimum Gasteiger partial charge on any atom is -0.493 e. The topological polar surface area (TPSA) is 41.8 Å². The number of ether oxygens (including phenoxy) is 1. The van der Waals surface area contributed by atoms with E-state index in [0.717, 1.165) is 11.3 Å². The Balaban J connectivity index is 2.91. The molecule has 0 aliphatic heterocycles. The van der Waals surface area contributed by atoms with Gasteiger partial charge in [0.05, 0.1) is 12.8 Å². The summed E-state index contributed by atoms with van der Waals surface area (Å²) in [6.07, 6.45) is 1.35. The molecule has 0 fully saturated rings. The van der Waals surface area contributed by atoms with Crippen molar-refractivity contribution in [3.05, 3.63) is 29.8 Å². The molecule has 0 aromatic heterocycles. The molecule has 0 aliphatic rings. The Morgan fingerprint density at radius 1 is 1.50 bits per heavy atom. The van der Waals surface area contributed by atoms with Crippen LogP contribution in [0.1, 0.15) is 12.5 Å². The first kappa shape index (κ1) is 8.59. The maximum atomic E-state index is 8.33. The second kappa shape index (κ2) is 4.38. The van der Waals surface area contributed by atoms with E-state index >= 15 is 0 Å². The van der Waals surface area contributed by atoms with Crippen molar-refractivity contribution in [3.63, 3.8) is 0 Å². The molecule has 0 spiro atoms. The van der Waals surface area contributed by atoms with E-state index in [-0.39, 0.29) is 0 Å². The molecule has 0 radical (unpaired) electrons. The molecular formula is C9H11NO2. The maximum Gasteiger partial charge on any atom is 0.128 e. The zero-order valence-electron chi connectivity index (χ0n) is 6.90. The van der Waals surface area contributed by atoms with Crippen LogP contribution >= 0.6 is 0 Å². The third-order valence-electron chi connectivity index (χ3n) is 1.42. The van der Waals surface area contributed by atoms with Crippen LogP contribution in [0, 0.1) is 0 Å². The average Bonchev–Trinajstić information content (AvgIpc) is 2.09. The second-order valence-corrected chi connectivity index (χ2v) is 2.22. The van der Waals surface area contributed by atoms with Crippen molar-refractivity contribution in [2.75, 3.05) is 6.61 Å². The molecule has 1 aromatic rings. The lowest BCUT2D eigenvalue weighted by atomic mass is 10.2. The van der Waals surface area contributed by atoms with E-state index in [2.05, 4.69) is 5.16 Å². The highest BCUT2D eigenvalue weighted by Gasteiger charge is 1.97. The van der Waals surface area contributed by atoms with Crippen LogP contribution in [-0.2, 0) is 0 Å². The monoisotopic (exact) mass is 165 g/mol. The summed E-state index contributed by atoms with van der Waals surface area (Å²) in [5.74, 6) is 0.734. The van der Waals surface area contributed by atoms with Crippen molar-refractivity contribution in [3.8, 4) is 5.75 Å². The Bertz CT molecular complexity index is 271. The molecule has 3 nitrogen and oxygen atoms in total. The van der Waals surface area contributed by atoms with Gasteiger partial charge in [-0.25, -0.2) is 0 Å². The number of nitrogens with zero attached hydrogens (tertiary/aromatic N) is 1. The first-order chi connectivity index (χ1) is 5.88. The van der Waals surface area contributed by atoms with Gasteiger partial charge in [-0.1, -0.05) is 17.3 Å². The lowest BCUT2D eigenvalue weighted by molar-refractivity contribution is 0.320. The summed E-state index contributed by atoms with van der Waals surface area (Å²) < 4.78 is 5.29. The third-order valence-corrected chi connectivity index (χ3v) is 1.42. The van der Waals surface area contributed by atoms with Gasteiger partial charge >= 0.3 is 0 Å². The van der Waals surface area contributed by atoms with E-state index < -0.39 is 0 Å². The summed E-state index contributed by atoms with van der Waals surface area (Å²) in [4.78, 5) is 0. The Morgan fingerprint density at radius 3 is 2.92 bits per heavy atom. The zero-order chi connectivity index (χ0) is 8.81. The van der Waals surface area contributed by atoms with Gasteiger partial charge < -0.3 is 9.94 Å². The number of rotatable bonds is 3. The highest BCUT2D eigenvalue weighted by atomic mass is 16.5. The van der Waals surface area contributed by atoms with Crippen LogP contribution in [0.4, 0.5) is 0 Å². The van der Waals surface area contributed by atoms with E-state index in [0.29, 0.717) is 6.61 Å². The molecule has 64 valence electrons. The minimum atomic E-state index is 0.607. The summed E-state index contributed by atoms with van der Waals surface area (Å²) in [6.45, 7) is 2.52. The summed E-state index contributed by atoms with van der Waals surface area (Å²) in [5, 5.41) is 11.3. The first-order valence-corrected chi connectivity index (χ1v) is 3.77. The molecule has 0 saturated heterocycles. The van der Waals surface area contributed by atoms with E-state index in [1.165, 1.54) is 6.21 Å². The van der Waals surface area contributed by atoms with Crippen LogP contribution in [-0.4, -0.2) is 18.0 Å². The highest BCUT2D eigenvalue weighted by Crippen LogP contribution is 2.15. The Morgan fingerprint density at radius 2 is 2.25 bits per heavy atom. The van der Waals surface area contributed by atoms with Gasteiger partial charge in [0.2, 0.25) is 0 Å². The highest BCUT2D eigenvalue weighted by molar-refractivity contribution is 5.82. The number of oxime groups is 1. The SMILES string of the molecule is CCOc1ccccc1C=NO. The van der Waals surface area contributed by atoms with Gasteiger partial charge in [-0.05, 0) is 19.1 Å². The quantitative estimate of drug-likeness (QED) is 0.422. The standard InChI is InChI=1S/C9H11NO2/c1-2-12-9-6-4-3-5-8(9)7-10-11/h3-7,11H,2H2,1H3. The fourth-order valence-electron chi connectivity index (χ4n) is 0.936. The Kier molecular flexibility index (Phi) is 3.14. The van der Waals surface area contributed by atoms with Crippen molar-refractivity contribution in [1.29, 1.82) is 0 Å². The molecular weight excluding hydrogens is 154 g/mol. The van der Waals surface area contributed by atoms with Crippen LogP contribution in [0.2, 0.25) is 0 Å². The van der Waals surface area contributed by atoms with E-state index in [4.69, 9.17) is 9.94 Å². The smallest absolute Gasteiger partial charge is 0.128 e. The van der Waals surface area contributed by atoms with Crippen molar-refractivity contribution >= 4 is 6.21 Å². The van der Waals surface area contributed by atoms with Crippen LogP contribution in [0.25, 0.3) is 0 Å². The molecule has 0 heterocycles. The van der Waals surface area contributed by atoms with Crippen molar-refractivity contribution < 1.29 is 9.94 Å². The summed E-state index contributed by atoms with van der Waals surface area (Å²) in [5.41, 5.74) is 0.779. The lowest BCUT2D eigenvalue weighted by Crippen LogP contribution is -1.95. The molecule has 1 aromatic carbocycles. The Labute approximate surface area is 71.3 Å². The summed E-state index contributed by atoms with van der Waals surface area (Å²) in [6, 6.07) is 7.39. The molecule has 0 amide bonds. The number of hydrogen-bond acceptors (Lipinski definition) is 3. The third kappa shape index (κ3) is 1.99. The van der Waals surface area contributed by atoms with Gasteiger partial charge in [0.25, 0.3) is 0 Å². The van der Waals surface area contributed by atoms with Crippen LogP contribution in [0.15, 0.2) is 29.4 Å². The summed E-state index contributed by atoms with van der Waals surface area (Å²) >= 11 is 0. The normalized spacial score (nSPS) is 10.4. The van der Waals surface area contributed by atoms with Gasteiger partial charge in [-0.15, -0.1) is 0 Å². The summed E-state index contributed by atoms with van der Waals surface area (Å²) in [7, 11) is 0. The second-order valence-electron chi connectivity index (χ2n) is 2.22. The predicted molar refractivity (Wildman–Crippen MR) is 47.0 cm³/mol. The van der Waals surface area contributed by atoms with Crippen molar-refractivity contribution in [1.82, 2.24) is 0 Å². The van der Waals surface area contributed by atoms with E-state index in [9.17, 15) is 0 Å². The van der Waals surface area contributed by atoms with Crippen LogP contribution in [0.5, 0.6) is 5.75 Å². The predicted octanol–water partition coefficient (Wildman–Crippen LogP) is 1.89. The molecule has 0 unspecified atom stereocenters.